The Morgan fingerprint density at radius 1 is 1.42 bits per heavy atom. The molecule has 0 aromatic carbocycles. The number of anilines is 1. The molecule has 130 valence electrons. The van der Waals surface area contributed by atoms with Crippen molar-refractivity contribution in [2.24, 2.45) is 0 Å². The Morgan fingerprint density at radius 2 is 2.33 bits per heavy atom. The molecule has 0 bridgehead atoms. The highest BCUT2D eigenvalue weighted by molar-refractivity contribution is 5.89. The summed E-state index contributed by atoms with van der Waals surface area (Å²) in [5.41, 5.74) is 0.702. The minimum Gasteiger partial charge on any atom is -0.383 e. The highest BCUT2D eigenvalue weighted by Crippen LogP contribution is 2.21. The average Bonchev–Trinajstić information content (AvgIpc) is 3.20. The highest BCUT2D eigenvalue weighted by Gasteiger charge is 2.22. The third-order valence-electron chi connectivity index (χ3n) is 4.21. The van der Waals surface area contributed by atoms with Crippen molar-refractivity contribution in [3.05, 3.63) is 24.8 Å². The van der Waals surface area contributed by atoms with Gasteiger partial charge >= 0.3 is 6.03 Å². The maximum Gasteiger partial charge on any atom is 0.321 e. The number of hydrogen-bond donors (Lipinski definition) is 1. The molecule has 1 aliphatic heterocycles. The quantitative estimate of drug-likeness (QED) is 0.893. The molecule has 3 heterocycles. The lowest BCUT2D eigenvalue weighted by Gasteiger charge is -2.20. The summed E-state index contributed by atoms with van der Waals surface area (Å²) in [6.07, 6.45) is 9.87. The van der Waals surface area contributed by atoms with E-state index in [-0.39, 0.29) is 6.03 Å². The predicted molar refractivity (Wildman–Crippen MR) is 87.6 cm³/mol. The maximum atomic E-state index is 12.5. The standard InChI is InChI=1S/C15H23N7O2/c1-24-10-9-21-12-13(11-17-21)18-15(23)20-6-2-3-14(4-7-20)22-8-5-16-19-22/h5,8,11-12,14H,2-4,6-7,9-10H2,1H3,(H,18,23). The van der Waals surface area contributed by atoms with Crippen molar-refractivity contribution >= 4 is 11.7 Å². The molecule has 1 fully saturated rings. The summed E-state index contributed by atoms with van der Waals surface area (Å²) in [6, 6.07) is 0.225. The van der Waals surface area contributed by atoms with Gasteiger partial charge in [0, 0.05) is 32.6 Å². The predicted octanol–water partition coefficient (Wildman–Crippen LogP) is 1.38. The SMILES string of the molecule is COCCn1cc(NC(=O)N2CCCC(n3ccnn3)CC2)cn1. The van der Waals surface area contributed by atoms with E-state index in [0.29, 0.717) is 31.4 Å². The van der Waals surface area contributed by atoms with Crippen LogP contribution in [0.2, 0.25) is 0 Å². The van der Waals surface area contributed by atoms with Crippen LogP contribution < -0.4 is 5.32 Å². The van der Waals surface area contributed by atoms with Gasteiger partial charge in [0.1, 0.15) is 0 Å². The van der Waals surface area contributed by atoms with E-state index in [4.69, 9.17) is 4.74 Å². The van der Waals surface area contributed by atoms with Gasteiger partial charge < -0.3 is 15.0 Å². The number of rotatable bonds is 5. The molecule has 24 heavy (non-hydrogen) atoms. The summed E-state index contributed by atoms with van der Waals surface area (Å²) in [6.45, 7) is 2.70. The fourth-order valence-electron chi connectivity index (χ4n) is 2.90. The molecular weight excluding hydrogens is 310 g/mol. The summed E-state index contributed by atoms with van der Waals surface area (Å²) in [7, 11) is 1.65. The molecule has 2 aromatic heterocycles. The lowest BCUT2D eigenvalue weighted by Crippen LogP contribution is -2.35. The van der Waals surface area contributed by atoms with E-state index in [2.05, 4.69) is 20.7 Å². The number of ether oxygens (including phenoxy) is 1. The van der Waals surface area contributed by atoms with Gasteiger partial charge in [-0.15, -0.1) is 5.10 Å². The van der Waals surface area contributed by atoms with Gasteiger partial charge in [0.2, 0.25) is 0 Å². The summed E-state index contributed by atoms with van der Waals surface area (Å²) >= 11 is 0. The Hall–Kier alpha value is -2.42. The van der Waals surface area contributed by atoms with E-state index in [1.165, 1.54) is 0 Å². The fraction of sp³-hybridized carbons (Fsp3) is 0.600. The largest absolute Gasteiger partial charge is 0.383 e. The van der Waals surface area contributed by atoms with Crippen LogP contribution >= 0.6 is 0 Å². The van der Waals surface area contributed by atoms with Crippen LogP contribution in [0, 0.1) is 0 Å². The summed E-state index contributed by atoms with van der Waals surface area (Å²) in [5.74, 6) is 0. The van der Waals surface area contributed by atoms with Crippen molar-refractivity contribution in [1.82, 2.24) is 29.7 Å². The van der Waals surface area contributed by atoms with Gasteiger partial charge in [0.25, 0.3) is 0 Å². The Balaban J connectivity index is 1.52. The monoisotopic (exact) mass is 333 g/mol. The summed E-state index contributed by atoms with van der Waals surface area (Å²) < 4.78 is 8.66. The minimum absolute atomic E-state index is 0.0828. The molecular formula is C15H23N7O2. The molecule has 1 N–H and O–H groups in total. The fourth-order valence-corrected chi connectivity index (χ4v) is 2.90. The van der Waals surface area contributed by atoms with Gasteiger partial charge in [0.05, 0.1) is 37.3 Å². The van der Waals surface area contributed by atoms with Gasteiger partial charge in [-0.25, -0.2) is 9.48 Å². The average molecular weight is 333 g/mol. The van der Waals surface area contributed by atoms with E-state index in [0.717, 1.165) is 25.8 Å². The first-order chi connectivity index (χ1) is 11.8. The lowest BCUT2D eigenvalue weighted by molar-refractivity contribution is 0.183. The third-order valence-corrected chi connectivity index (χ3v) is 4.21. The first kappa shape index (κ1) is 16.4. The second-order valence-electron chi connectivity index (χ2n) is 5.87. The molecule has 2 aromatic rings. The van der Waals surface area contributed by atoms with Gasteiger partial charge in [-0.3, -0.25) is 4.68 Å². The Kier molecular flexibility index (Phi) is 5.42. The molecule has 9 nitrogen and oxygen atoms in total. The second kappa shape index (κ2) is 7.91. The maximum absolute atomic E-state index is 12.5. The lowest BCUT2D eigenvalue weighted by atomic mass is 10.1. The normalized spacial score (nSPS) is 18.4. The van der Waals surface area contributed by atoms with Crippen LogP contribution in [0.5, 0.6) is 0 Å². The smallest absolute Gasteiger partial charge is 0.321 e. The van der Waals surface area contributed by atoms with Crippen molar-refractivity contribution < 1.29 is 9.53 Å². The molecule has 0 aliphatic carbocycles. The molecule has 1 unspecified atom stereocenters. The zero-order valence-electron chi connectivity index (χ0n) is 13.8. The van der Waals surface area contributed by atoms with E-state index < -0.39 is 0 Å². The molecule has 0 spiro atoms. The topological polar surface area (TPSA) is 90.1 Å². The number of amides is 2. The molecule has 1 saturated heterocycles. The number of carbonyl (C=O) groups excluding carboxylic acids is 1. The minimum atomic E-state index is -0.0828. The summed E-state index contributed by atoms with van der Waals surface area (Å²) in [4.78, 5) is 14.3. The third kappa shape index (κ3) is 4.10. The van der Waals surface area contributed by atoms with Crippen molar-refractivity contribution in [2.45, 2.75) is 31.8 Å². The summed E-state index contributed by atoms with van der Waals surface area (Å²) in [5, 5.41) is 15.1. The van der Waals surface area contributed by atoms with Crippen LogP contribution in [0.15, 0.2) is 24.8 Å². The number of hydrogen-bond acceptors (Lipinski definition) is 5. The van der Waals surface area contributed by atoms with E-state index in [1.807, 2.05) is 22.0 Å². The number of methoxy groups -OCH3 is 1. The molecule has 3 rings (SSSR count). The molecule has 1 atom stereocenters. The molecule has 1 aliphatic rings. The Bertz CT molecular complexity index is 640. The number of urea groups is 1. The van der Waals surface area contributed by atoms with Crippen LogP contribution in [0.4, 0.5) is 10.5 Å². The van der Waals surface area contributed by atoms with E-state index >= 15 is 0 Å². The number of aromatic nitrogens is 5. The van der Waals surface area contributed by atoms with Crippen molar-refractivity contribution in [3.8, 4) is 0 Å². The number of nitrogens with one attached hydrogen (secondary N) is 1. The van der Waals surface area contributed by atoms with Crippen LogP contribution in [-0.2, 0) is 11.3 Å². The van der Waals surface area contributed by atoms with Crippen LogP contribution in [-0.4, -0.2) is 62.5 Å². The van der Waals surface area contributed by atoms with E-state index in [1.54, 1.807) is 24.2 Å². The first-order valence-corrected chi connectivity index (χ1v) is 8.19. The molecule has 0 radical (unpaired) electrons. The zero-order valence-corrected chi connectivity index (χ0v) is 13.8. The van der Waals surface area contributed by atoms with Gasteiger partial charge in [0.15, 0.2) is 0 Å². The van der Waals surface area contributed by atoms with Crippen LogP contribution in [0.25, 0.3) is 0 Å². The Morgan fingerprint density at radius 3 is 3.12 bits per heavy atom. The second-order valence-corrected chi connectivity index (χ2v) is 5.87. The molecule has 0 saturated carbocycles. The zero-order chi connectivity index (χ0) is 16.8. The highest BCUT2D eigenvalue weighted by atomic mass is 16.5. The van der Waals surface area contributed by atoms with E-state index in [9.17, 15) is 4.79 Å². The van der Waals surface area contributed by atoms with Crippen LogP contribution in [0.3, 0.4) is 0 Å². The number of likely N-dealkylation sites (tertiary alicyclic amines) is 1. The van der Waals surface area contributed by atoms with Crippen LogP contribution in [0.1, 0.15) is 25.3 Å². The van der Waals surface area contributed by atoms with Gasteiger partial charge in [-0.05, 0) is 19.3 Å². The first-order valence-electron chi connectivity index (χ1n) is 8.19. The molecule has 9 heteroatoms. The van der Waals surface area contributed by atoms with Crippen molar-refractivity contribution in [1.29, 1.82) is 0 Å². The number of nitrogens with zero attached hydrogens (tertiary/aromatic N) is 6. The molecule has 2 amide bonds. The van der Waals surface area contributed by atoms with Crippen molar-refractivity contribution in [2.75, 3.05) is 32.1 Å². The van der Waals surface area contributed by atoms with Gasteiger partial charge in [-0.2, -0.15) is 5.10 Å². The Labute approximate surface area is 140 Å². The number of carbonyl (C=O) groups is 1. The van der Waals surface area contributed by atoms with Gasteiger partial charge in [-0.1, -0.05) is 5.21 Å². The van der Waals surface area contributed by atoms with Crippen molar-refractivity contribution in [3.63, 3.8) is 0 Å².